The lowest BCUT2D eigenvalue weighted by Crippen LogP contribution is -2.47. The second kappa shape index (κ2) is 6.42. The van der Waals surface area contributed by atoms with Crippen molar-refractivity contribution in [2.45, 2.75) is 44.2 Å². The lowest BCUT2D eigenvalue weighted by Gasteiger charge is -2.37. The number of benzene rings is 1. The molecule has 2 fully saturated rings. The summed E-state index contributed by atoms with van der Waals surface area (Å²) >= 11 is 0. The molecular formula is C17H24FNO2. The van der Waals surface area contributed by atoms with Gasteiger partial charge in [-0.05, 0) is 56.0 Å². The van der Waals surface area contributed by atoms with Crippen molar-refractivity contribution in [3.63, 3.8) is 0 Å². The molecule has 3 nitrogen and oxygen atoms in total. The third-order valence-corrected chi connectivity index (χ3v) is 4.69. The van der Waals surface area contributed by atoms with Gasteiger partial charge in [-0.25, -0.2) is 4.39 Å². The number of halogens is 1. The Morgan fingerprint density at radius 2 is 2.29 bits per heavy atom. The monoisotopic (exact) mass is 293 g/mol. The zero-order valence-electron chi connectivity index (χ0n) is 12.7. The first kappa shape index (κ1) is 14.9. The topological polar surface area (TPSA) is 30.5 Å². The van der Waals surface area contributed by atoms with Crippen LogP contribution in [-0.4, -0.2) is 38.0 Å². The molecule has 21 heavy (non-hydrogen) atoms. The average Bonchev–Trinajstić information content (AvgIpc) is 2.89. The zero-order valence-corrected chi connectivity index (χ0v) is 12.7. The largest absolute Gasteiger partial charge is 0.378 e. The van der Waals surface area contributed by atoms with Gasteiger partial charge in [0, 0.05) is 25.7 Å². The van der Waals surface area contributed by atoms with Gasteiger partial charge in [0.1, 0.15) is 5.82 Å². The molecule has 2 unspecified atom stereocenters. The molecule has 2 saturated heterocycles. The third-order valence-electron chi connectivity index (χ3n) is 4.69. The summed E-state index contributed by atoms with van der Waals surface area (Å²) < 4.78 is 24.5. The second-order valence-corrected chi connectivity index (χ2v) is 6.30. The minimum Gasteiger partial charge on any atom is -0.378 e. The van der Waals surface area contributed by atoms with Crippen molar-refractivity contribution < 1.29 is 13.9 Å². The predicted molar refractivity (Wildman–Crippen MR) is 80.0 cm³/mol. The van der Waals surface area contributed by atoms with Gasteiger partial charge in [0.2, 0.25) is 0 Å². The molecular weight excluding hydrogens is 269 g/mol. The van der Waals surface area contributed by atoms with Gasteiger partial charge in [-0.1, -0.05) is 6.07 Å². The quantitative estimate of drug-likeness (QED) is 0.925. The van der Waals surface area contributed by atoms with Gasteiger partial charge in [-0.15, -0.1) is 0 Å². The maximum Gasteiger partial charge on any atom is 0.123 e. The second-order valence-electron chi connectivity index (χ2n) is 6.30. The fourth-order valence-corrected chi connectivity index (χ4v) is 3.42. The summed E-state index contributed by atoms with van der Waals surface area (Å²) in [5, 5.41) is 3.63. The molecule has 2 aliphatic rings. The van der Waals surface area contributed by atoms with E-state index >= 15 is 0 Å². The van der Waals surface area contributed by atoms with Crippen LogP contribution in [0.4, 0.5) is 4.39 Å². The molecule has 116 valence electrons. The van der Waals surface area contributed by atoms with Crippen LogP contribution >= 0.6 is 0 Å². The van der Waals surface area contributed by atoms with Crippen molar-refractivity contribution in [3.05, 3.63) is 35.1 Å². The molecule has 0 amide bonds. The number of ether oxygens (including phenoxy) is 2. The SMILES string of the molecule is Cc1cc(F)ccc1CCNC1CCOC2(CCOC2)C1. The van der Waals surface area contributed by atoms with Crippen molar-refractivity contribution in [3.8, 4) is 0 Å². The number of hydrogen-bond acceptors (Lipinski definition) is 3. The van der Waals surface area contributed by atoms with Crippen molar-refractivity contribution in [1.29, 1.82) is 0 Å². The van der Waals surface area contributed by atoms with Crippen molar-refractivity contribution in [1.82, 2.24) is 5.32 Å². The molecule has 0 saturated carbocycles. The Kier molecular flexibility index (Phi) is 4.57. The first-order valence-corrected chi connectivity index (χ1v) is 7.87. The number of hydrogen-bond donors (Lipinski definition) is 1. The number of nitrogens with one attached hydrogen (secondary N) is 1. The van der Waals surface area contributed by atoms with Crippen LogP contribution in [-0.2, 0) is 15.9 Å². The molecule has 0 radical (unpaired) electrons. The van der Waals surface area contributed by atoms with E-state index in [0.717, 1.165) is 57.6 Å². The minimum atomic E-state index is -0.156. The fraction of sp³-hybridized carbons (Fsp3) is 0.647. The van der Waals surface area contributed by atoms with E-state index in [1.165, 1.54) is 5.56 Å². The van der Waals surface area contributed by atoms with Crippen LogP contribution in [0, 0.1) is 12.7 Å². The van der Waals surface area contributed by atoms with E-state index in [-0.39, 0.29) is 11.4 Å². The van der Waals surface area contributed by atoms with Crippen LogP contribution < -0.4 is 5.32 Å². The Morgan fingerprint density at radius 1 is 1.38 bits per heavy atom. The molecule has 3 rings (SSSR count). The van der Waals surface area contributed by atoms with E-state index in [1.54, 1.807) is 12.1 Å². The molecule has 0 aliphatic carbocycles. The Morgan fingerprint density at radius 3 is 3.05 bits per heavy atom. The van der Waals surface area contributed by atoms with Crippen molar-refractivity contribution >= 4 is 0 Å². The molecule has 1 aromatic rings. The highest BCUT2D eigenvalue weighted by Gasteiger charge is 2.40. The number of rotatable bonds is 4. The van der Waals surface area contributed by atoms with Crippen molar-refractivity contribution in [2.24, 2.45) is 0 Å². The van der Waals surface area contributed by atoms with E-state index in [0.29, 0.717) is 6.04 Å². The highest BCUT2D eigenvalue weighted by Crippen LogP contribution is 2.32. The van der Waals surface area contributed by atoms with E-state index in [2.05, 4.69) is 5.32 Å². The lowest BCUT2D eigenvalue weighted by atomic mass is 9.89. The zero-order chi connectivity index (χ0) is 14.7. The molecule has 2 atom stereocenters. The number of aryl methyl sites for hydroxylation is 1. The van der Waals surface area contributed by atoms with E-state index in [1.807, 2.05) is 13.0 Å². The minimum absolute atomic E-state index is 0.0400. The Labute approximate surface area is 125 Å². The first-order valence-electron chi connectivity index (χ1n) is 7.87. The molecule has 4 heteroatoms. The van der Waals surface area contributed by atoms with Crippen molar-refractivity contribution in [2.75, 3.05) is 26.4 Å². The molecule has 0 bridgehead atoms. The van der Waals surface area contributed by atoms with Crippen LogP contribution in [0.5, 0.6) is 0 Å². The van der Waals surface area contributed by atoms with Gasteiger partial charge in [0.15, 0.2) is 0 Å². The molecule has 2 heterocycles. The van der Waals surface area contributed by atoms with Crippen LogP contribution in [0.15, 0.2) is 18.2 Å². The van der Waals surface area contributed by atoms with Crippen LogP contribution in [0.3, 0.4) is 0 Å². The van der Waals surface area contributed by atoms with Gasteiger partial charge in [-0.2, -0.15) is 0 Å². The molecule has 1 aromatic carbocycles. The predicted octanol–water partition coefficient (Wildman–Crippen LogP) is 2.60. The van der Waals surface area contributed by atoms with Crippen LogP contribution in [0.2, 0.25) is 0 Å². The Hall–Kier alpha value is -0.970. The Bertz CT molecular complexity index is 486. The summed E-state index contributed by atoms with van der Waals surface area (Å²) in [6.45, 7) is 5.27. The highest BCUT2D eigenvalue weighted by atomic mass is 19.1. The molecule has 1 N–H and O–H groups in total. The van der Waals surface area contributed by atoms with E-state index < -0.39 is 0 Å². The Balaban J connectivity index is 1.48. The van der Waals surface area contributed by atoms with E-state index in [9.17, 15) is 4.39 Å². The lowest BCUT2D eigenvalue weighted by molar-refractivity contribution is -0.0891. The molecule has 2 aliphatic heterocycles. The van der Waals surface area contributed by atoms with Gasteiger partial charge in [0.25, 0.3) is 0 Å². The van der Waals surface area contributed by atoms with E-state index in [4.69, 9.17) is 9.47 Å². The van der Waals surface area contributed by atoms with Gasteiger partial charge < -0.3 is 14.8 Å². The van der Waals surface area contributed by atoms with Gasteiger partial charge >= 0.3 is 0 Å². The average molecular weight is 293 g/mol. The summed E-state index contributed by atoms with van der Waals surface area (Å²) in [4.78, 5) is 0. The summed E-state index contributed by atoms with van der Waals surface area (Å²) in [6, 6.07) is 5.54. The third kappa shape index (κ3) is 3.62. The summed E-state index contributed by atoms with van der Waals surface area (Å²) in [5.74, 6) is -0.156. The summed E-state index contributed by atoms with van der Waals surface area (Å²) in [6.07, 6.45) is 4.05. The fourth-order valence-electron chi connectivity index (χ4n) is 3.42. The van der Waals surface area contributed by atoms with Crippen LogP contribution in [0.25, 0.3) is 0 Å². The summed E-state index contributed by atoms with van der Waals surface area (Å²) in [7, 11) is 0. The standard InChI is InChI=1S/C17H24FNO2/c1-13-10-15(18)3-2-14(13)4-7-19-16-5-8-21-17(11-16)6-9-20-12-17/h2-3,10,16,19H,4-9,11-12H2,1H3. The highest BCUT2D eigenvalue weighted by molar-refractivity contribution is 5.26. The summed E-state index contributed by atoms with van der Waals surface area (Å²) in [5.41, 5.74) is 2.21. The smallest absolute Gasteiger partial charge is 0.123 e. The van der Waals surface area contributed by atoms with Crippen LogP contribution in [0.1, 0.15) is 30.4 Å². The normalized spacial score (nSPS) is 29.1. The van der Waals surface area contributed by atoms with Gasteiger partial charge in [-0.3, -0.25) is 0 Å². The maximum absolute atomic E-state index is 13.1. The van der Waals surface area contributed by atoms with Gasteiger partial charge in [0.05, 0.1) is 12.2 Å². The molecule has 0 aromatic heterocycles. The molecule has 1 spiro atoms. The first-order chi connectivity index (χ1) is 10.2. The maximum atomic E-state index is 13.1.